The fourth-order valence-electron chi connectivity index (χ4n) is 1.36. The van der Waals surface area contributed by atoms with Gasteiger partial charge in [0.1, 0.15) is 0 Å². The summed E-state index contributed by atoms with van der Waals surface area (Å²) in [5.74, 6) is -41.0. The number of aliphatic hydroxyl groups is 15. The molecule has 0 spiro atoms. The highest BCUT2D eigenvalue weighted by Gasteiger charge is 2.83. The van der Waals surface area contributed by atoms with Crippen molar-refractivity contribution in [2.24, 2.45) is 0 Å². The Labute approximate surface area is 134 Å². The van der Waals surface area contributed by atoms with Crippen LogP contribution in [0.3, 0.4) is 0 Å². The zero-order valence-electron chi connectivity index (χ0n) is 11.6. The third kappa shape index (κ3) is 2.87. The molecule has 17 nitrogen and oxygen atoms in total. The number of rotatable bonds is 7. The topological polar surface area (TPSA) is 341 Å². The summed E-state index contributed by atoms with van der Waals surface area (Å²) in [6, 6.07) is 0. The monoisotopic (exact) mass is 384 g/mol. The van der Waals surface area contributed by atoms with Gasteiger partial charge in [-0.3, -0.25) is 0 Å². The van der Waals surface area contributed by atoms with Gasteiger partial charge in [0, 0.05) is 0 Å². The minimum atomic E-state index is -5.68. The zero-order valence-corrected chi connectivity index (χ0v) is 11.6. The molecule has 0 atom stereocenters. The van der Waals surface area contributed by atoms with E-state index in [1.807, 2.05) is 0 Å². The van der Waals surface area contributed by atoms with Gasteiger partial charge in [-0.25, -0.2) is 4.79 Å². The highest BCUT2D eigenvalue weighted by Crippen LogP contribution is 2.44. The predicted molar refractivity (Wildman–Crippen MR) is 60.0 cm³/mol. The van der Waals surface area contributed by atoms with Crippen molar-refractivity contribution in [3.8, 4) is 0 Å². The second-order valence-electron chi connectivity index (χ2n) is 4.97. The summed E-state index contributed by atoms with van der Waals surface area (Å²) < 4.78 is 0. The molecule has 150 valence electrons. The van der Waals surface area contributed by atoms with Gasteiger partial charge >= 0.3 is 23.5 Å². The first-order chi connectivity index (χ1) is 10.4. The van der Waals surface area contributed by atoms with Gasteiger partial charge < -0.3 is 81.7 Å². The van der Waals surface area contributed by atoms with Crippen LogP contribution in [0.25, 0.3) is 0 Å². The number of hydrogen-bond acceptors (Lipinski definition) is 16. The van der Waals surface area contributed by atoms with Crippen molar-refractivity contribution in [1.82, 2.24) is 0 Å². The van der Waals surface area contributed by atoms with E-state index in [1.165, 1.54) is 0 Å². The standard InChI is InChI=1S/C8H16O17/c9-1(10)2(11,12)3(13,14)4(15,16)5(17,18)6(19,20)7(21,22)8(23,24)25/h11-25H,(H,9,10). The second-order valence-corrected chi connectivity index (χ2v) is 4.97. The van der Waals surface area contributed by atoms with E-state index in [1.54, 1.807) is 0 Å². The van der Waals surface area contributed by atoms with Crippen LogP contribution < -0.4 is 0 Å². The van der Waals surface area contributed by atoms with E-state index in [-0.39, 0.29) is 0 Å². The summed E-state index contributed by atoms with van der Waals surface area (Å²) in [7, 11) is 0. The first kappa shape index (κ1) is 23.9. The van der Waals surface area contributed by atoms with Crippen LogP contribution >= 0.6 is 0 Å². The lowest BCUT2D eigenvalue weighted by Gasteiger charge is -2.52. The lowest BCUT2D eigenvalue weighted by Crippen LogP contribution is -2.87. The lowest BCUT2D eigenvalue weighted by molar-refractivity contribution is -0.588. The molecule has 0 aromatic rings. The molecule has 0 amide bonds. The van der Waals surface area contributed by atoms with Crippen LogP contribution in [-0.2, 0) is 4.79 Å². The van der Waals surface area contributed by atoms with Gasteiger partial charge in [-0.1, -0.05) is 0 Å². The molecule has 0 aliphatic rings. The molecule has 16 N–H and O–H groups in total. The first-order valence-corrected chi connectivity index (χ1v) is 5.53. The Balaban J connectivity index is 6.55. The fourth-order valence-corrected chi connectivity index (χ4v) is 1.36. The van der Waals surface area contributed by atoms with Crippen molar-refractivity contribution >= 4 is 5.97 Å². The lowest BCUT2D eigenvalue weighted by atomic mass is 9.81. The maximum atomic E-state index is 10.5. The molecule has 0 rings (SSSR count). The second kappa shape index (κ2) is 5.68. The number of aliphatic carboxylic acids is 1. The van der Waals surface area contributed by atoms with E-state index in [2.05, 4.69) is 0 Å². The van der Waals surface area contributed by atoms with E-state index in [0.717, 1.165) is 0 Å². The van der Waals surface area contributed by atoms with Crippen LogP contribution in [-0.4, -0.2) is 128 Å². The Bertz CT molecular complexity index is 521. The Morgan fingerprint density at radius 2 is 0.680 bits per heavy atom. The van der Waals surface area contributed by atoms with Gasteiger partial charge in [0.05, 0.1) is 0 Å². The van der Waals surface area contributed by atoms with E-state index in [9.17, 15) is 45.6 Å². The molecule has 17 heteroatoms. The van der Waals surface area contributed by atoms with Crippen molar-refractivity contribution in [2.45, 2.75) is 40.7 Å². The molecule has 0 saturated heterocycles. The van der Waals surface area contributed by atoms with Crippen molar-refractivity contribution in [3.05, 3.63) is 0 Å². The van der Waals surface area contributed by atoms with E-state index >= 15 is 0 Å². The van der Waals surface area contributed by atoms with Gasteiger partial charge in [0.2, 0.25) is 0 Å². The van der Waals surface area contributed by atoms with Crippen molar-refractivity contribution in [3.63, 3.8) is 0 Å². The molecular formula is C8H16O17. The fraction of sp³-hybridized carbons (Fsp3) is 0.875. The van der Waals surface area contributed by atoms with Gasteiger partial charge in [-0.2, -0.15) is 0 Å². The third-order valence-corrected chi connectivity index (χ3v) is 3.20. The van der Waals surface area contributed by atoms with Crippen LogP contribution in [0.1, 0.15) is 0 Å². The molecular weight excluding hydrogens is 368 g/mol. The van der Waals surface area contributed by atoms with E-state index < -0.39 is 46.7 Å². The zero-order chi connectivity index (χ0) is 21.1. The number of carboxylic acid groups (broad SMARTS) is 1. The molecule has 0 radical (unpaired) electrons. The minimum absolute atomic E-state index is 3.10. The molecule has 25 heavy (non-hydrogen) atoms. The summed E-state index contributed by atoms with van der Waals surface area (Å²) >= 11 is 0. The molecule has 0 aliphatic carbocycles. The van der Waals surface area contributed by atoms with Gasteiger partial charge in [0.25, 0.3) is 23.1 Å². The molecule has 0 aromatic carbocycles. The Hall–Kier alpha value is -1.13. The van der Waals surface area contributed by atoms with Gasteiger partial charge in [-0.05, 0) is 0 Å². The Morgan fingerprint density at radius 1 is 0.440 bits per heavy atom. The van der Waals surface area contributed by atoms with Crippen LogP contribution in [0.4, 0.5) is 0 Å². The largest absolute Gasteiger partial charge is 0.477 e. The van der Waals surface area contributed by atoms with E-state index in [4.69, 9.17) is 40.9 Å². The Morgan fingerprint density at radius 3 is 0.920 bits per heavy atom. The summed E-state index contributed by atoms with van der Waals surface area (Å²) in [4.78, 5) is 10.5. The molecule has 0 unspecified atom stereocenters. The molecule has 0 aromatic heterocycles. The van der Waals surface area contributed by atoms with Crippen LogP contribution in [0.2, 0.25) is 0 Å². The Kier molecular flexibility index (Phi) is 5.43. The average molecular weight is 384 g/mol. The summed E-state index contributed by atoms with van der Waals surface area (Å²) in [5, 5.41) is 144. The average Bonchev–Trinajstić information content (AvgIpc) is 2.35. The highest BCUT2D eigenvalue weighted by molar-refractivity contribution is 5.76. The smallest absolute Gasteiger partial charge is 0.370 e. The van der Waals surface area contributed by atoms with Gasteiger partial charge in [0.15, 0.2) is 0 Å². The predicted octanol–water partition coefficient (Wildman–Crippen LogP) is -10.2. The molecule has 0 fully saturated rings. The van der Waals surface area contributed by atoms with Crippen molar-refractivity contribution < 1.29 is 86.5 Å². The summed E-state index contributed by atoms with van der Waals surface area (Å²) in [6.45, 7) is 0. The van der Waals surface area contributed by atoms with Crippen LogP contribution in [0.5, 0.6) is 0 Å². The number of hydrogen-bond donors (Lipinski definition) is 16. The number of carboxylic acids is 1. The third-order valence-electron chi connectivity index (χ3n) is 3.20. The van der Waals surface area contributed by atoms with Crippen LogP contribution in [0.15, 0.2) is 0 Å². The summed E-state index contributed by atoms with van der Waals surface area (Å²) in [5.41, 5.74) is 0. The summed E-state index contributed by atoms with van der Waals surface area (Å²) in [6.07, 6.45) is 0. The first-order valence-electron chi connectivity index (χ1n) is 5.53. The molecule has 0 aliphatic heterocycles. The molecule has 0 heterocycles. The molecule has 0 bridgehead atoms. The van der Waals surface area contributed by atoms with Crippen LogP contribution in [0, 0.1) is 0 Å². The van der Waals surface area contributed by atoms with Crippen molar-refractivity contribution in [2.75, 3.05) is 0 Å². The SMILES string of the molecule is O=C(O)C(O)(O)C(O)(O)C(O)(O)C(O)(O)C(O)(O)C(O)(O)C(O)(O)O. The maximum Gasteiger partial charge on any atom is 0.370 e. The quantitative estimate of drug-likeness (QED) is 0.181. The number of carbonyl (C=O) groups is 1. The maximum absolute atomic E-state index is 10.5. The van der Waals surface area contributed by atoms with Crippen molar-refractivity contribution in [1.29, 1.82) is 0 Å². The molecule has 0 saturated carbocycles. The van der Waals surface area contributed by atoms with Gasteiger partial charge in [-0.15, -0.1) is 0 Å². The normalized spacial score (nSPS) is 16.1. The minimum Gasteiger partial charge on any atom is -0.477 e. The van der Waals surface area contributed by atoms with E-state index in [0.29, 0.717) is 0 Å². The highest BCUT2D eigenvalue weighted by atomic mass is 16.8.